The number of hydrogen-bond donors (Lipinski definition) is 3. The van der Waals surface area contributed by atoms with Gasteiger partial charge in [0.05, 0.1) is 6.10 Å². The van der Waals surface area contributed by atoms with Gasteiger partial charge in [0.15, 0.2) is 0 Å². The Bertz CT molecular complexity index is 1050. The van der Waals surface area contributed by atoms with Crippen LogP contribution in [-0.2, 0) is 4.74 Å². The van der Waals surface area contributed by atoms with Gasteiger partial charge in [-0.05, 0) is 47.2 Å². The molecule has 0 fully saturated rings. The first kappa shape index (κ1) is 22.3. The Balaban J connectivity index is 1.30. The lowest BCUT2D eigenvalue weighted by Crippen LogP contribution is -2.31. The molecular formula is C26H26ClNO4. The molecule has 5 nitrogen and oxygen atoms in total. The number of alkyl carbamates (subject to hydrolysis) is 1. The van der Waals surface area contributed by atoms with Crippen LogP contribution in [0, 0.1) is 6.92 Å². The van der Waals surface area contributed by atoms with Crippen LogP contribution in [0.4, 0.5) is 4.79 Å². The fourth-order valence-electron chi connectivity index (χ4n) is 4.34. The van der Waals surface area contributed by atoms with Crippen molar-refractivity contribution >= 4 is 17.7 Å². The van der Waals surface area contributed by atoms with Gasteiger partial charge in [-0.3, -0.25) is 0 Å². The Morgan fingerprint density at radius 2 is 1.62 bits per heavy atom. The van der Waals surface area contributed by atoms with Gasteiger partial charge in [-0.2, -0.15) is 0 Å². The van der Waals surface area contributed by atoms with Crippen LogP contribution >= 0.6 is 11.6 Å². The normalized spacial score (nSPS) is 14.4. The van der Waals surface area contributed by atoms with E-state index >= 15 is 0 Å². The number of halogens is 1. The van der Waals surface area contributed by atoms with Crippen molar-refractivity contribution in [3.63, 3.8) is 0 Å². The first-order valence-corrected chi connectivity index (χ1v) is 11.0. The van der Waals surface area contributed by atoms with Gasteiger partial charge in [0.2, 0.25) is 0 Å². The molecule has 32 heavy (non-hydrogen) atoms. The van der Waals surface area contributed by atoms with Crippen LogP contribution in [0.5, 0.6) is 0 Å². The lowest BCUT2D eigenvalue weighted by Gasteiger charge is -2.21. The second kappa shape index (κ2) is 9.74. The maximum Gasteiger partial charge on any atom is 0.407 e. The number of rotatable bonds is 7. The summed E-state index contributed by atoms with van der Waals surface area (Å²) >= 11 is 6.17. The SMILES string of the molecule is Cc1cccc(Cl)c1C(O)C(O)CCNC(=O)OCC1c2ccccc2-c2ccccc21. The summed E-state index contributed by atoms with van der Waals surface area (Å²) in [4.78, 5) is 12.3. The monoisotopic (exact) mass is 451 g/mol. The third-order valence-electron chi connectivity index (χ3n) is 5.98. The Hall–Kier alpha value is -2.86. The summed E-state index contributed by atoms with van der Waals surface area (Å²) in [6.45, 7) is 2.22. The zero-order chi connectivity index (χ0) is 22.7. The largest absolute Gasteiger partial charge is 0.449 e. The summed E-state index contributed by atoms with van der Waals surface area (Å²) in [6, 6.07) is 21.6. The molecule has 3 N–H and O–H groups in total. The molecule has 1 aliphatic rings. The van der Waals surface area contributed by atoms with Gasteiger partial charge in [0, 0.05) is 23.0 Å². The molecule has 3 aromatic rings. The van der Waals surface area contributed by atoms with Gasteiger partial charge in [-0.25, -0.2) is 4.79 Å². The lowest BCUT2D eigenvalue weighted by molar-refractivity contribution is 0.0133. The van der Waals surface area contributed by atoms with Crippen LogP contribution in [-0.4, -0.2) is 35.6 Å². The second-order valence-electron chi connectivity index (χ2n) is 8.02. The molecule has 6 heteroatoms. The van der Waals surface area contributed by atoms with Crippen molar-refractivity contribution in [1.82, 2.24) is 5.32 Å². The summed E-state index contributed by atoms with van der Waals surface area (Å²) in [6.07, 6.45) is -2.59. The summed E-state index contributed by atoms with van der Waals surface area (Å²) < 4.78 is 5.49. The number of aryl methyl sites for hydroxylation is 1. The number of amides is 1. The van der Waals surface area contributed by atoms with Crippen molar-refractivity contribution in [2.75, 3.05) is 13.2 Å². The minimum Gasteiger partial charge on any atom is -0.449 e. The van der Waals surface area contributed by atoms with Gasteiger partial charge in [0.25, 0.3) is 0 Å². The van der Waals surface area contributed by atoms with Crippen molar-refractivity contribution in [2.45, 2.75) is 31.5 Å². The summed E-state index contributed by atoms with van der Waals surface area (Å²) in [7, 11) is 0. The number of fused-ring (bicyclic) bond motifs is 3. The number of aliphatic hydroxyl groups is 2. The van der Waals surface area contributed by atoms with Gasteiger partial charge >= 0.3 is 6.09 Å². The molecule has 3 aromatic carbocycles. The molecule has 0 spiro atoms. The Kier molecular flexibility index (Phi) is 6.80. The molecule has 1 amide bonds. The van der Waals surface area contributed by atoms with Crippen LogP contribution in [0.15, 0.2) is 66.7 Å². The van der Waals surface area contributed by atoms with E-state index in [4.69, 9.17) is 16.3 Å². The van der Waals surface area contributed by atoms with Gasteiger partial charge in [0.1, 0.15) is 12.7 Å². The van der Waals surface area contributed by atoms with E-state index in [1.54, 1.807) is 12.1 Å². The van der Waals surface area contributed by atoms with Crippen molar-refractivity contribution in [3.8, 4) is 11.1 Å². The highest BCUT2D eigenvalue weighted by molar-refractivity contribution is 6.31. The quantitative estimate of drug-likeness (QED) is 0.473. The molecule has 1 aliphatic carbocycles. The number of hydrogen-bond acceptors (Lipinski definition) is 4. The average molecular weight is 452 g/mol. The van der Waals surface area contributed by atoms with Gasteiger partial charge < -0.3 is 20.3 Å². The molecule has 0 saturated carbocycles. The third-order valence-corrected chi connectivity index (χ3v) is 6.31. The zero-order valence-electron chi connectivity index (χ0n) is 17.8. The van der Waals surface area contributed by atoms with E-state index in [9.17, 15) is 15.0 Å². The van der Waals surface area contributed by atoms with Crippen molar-refractivity contribution in [2.24, 2.45) is 0 Å². The second-order valence-corrected chi connectivity index (χ2v) is 8.43. The molecule has 0 bridgehead atoms. The number of aliphatic hydroxyl groups excluding tert-OH is 2. The molecule has 0 heterocycles. The number of carbonyl (C=O) groups is 1. The molecule has 2 unspecified atom stereocenters. The van der Waals surface area contributed by atoms with E-state index in [1.807, 2.05) is 37.3 Å². The minimum absolute atomic E-state index is 0.0104. The van der Waals surface area contributed by atoms with E-state index in [-0.39, 0.29) is 25.5 Å². The van der Waals surface area contributed by atoms with E-state index < -0.39 is 18.3 Å². The molecule has 0 aromatic heterocycles. The van der Waals surface area contributed by atoms with E-state index in [2.05, 4.69) is 29.6 Å². The summed E-state index contributed by atoms with van der Waals surface area (Å²) in [5, 5.41) is 23.9. The zero-order valence-corrected chi connectivity index (χ0v) is 18.5. The average Bonchev–Trinajstić information content (AvgIpc) is 3.11. The highest BCUT2D eigenvalue weighted by atomic mass is 35.5. The third kappa shape index (κ3) is 4.51. The molecule has 4 rings (SSSR count). The van der Waals surface area contributed by atoms with Gasteiger partial charge in [-0.1, -0.05) is 72.3 Å². The molecular weight excluding hydrogens is 426 g/mol. The fourth-order valence-corrected chi connectivity index (χ4v) is 4.67. The number of carbonyl (C=O) groups excluding carboxylic acids is 1. The molecule has 166 valence electrons. The highest BCUT2D eigenvalue weighted by Gasteiger charge is 2.29. The number of nitrogens with one attached hydrogen (secondary N) is 1. The molecule has 2 atom stereocenters. The Morgan fingerprint density at radius 3 is 2.25 bits per heavy atom. The van der Waals surface area contributed by atoms with Crippen LogP contribution in [0.2, 0.25) is 5.02 Å². The van der Waals surface area contributed by atoms with Crippen LogP contribution < -0.4 is 5.32 Å². The van der Waals surface area contributed by atoms with E-state index in [0.717, 1.165) is 16.7 Å². The van der Waals surface area contributed by atoms with Crippen molar-refractivity contribution in [1.29, 1.82) is 0 Å². The van der Waals surface area contributed by atoms with Crippen LogP contribution in [0.25, 0.3) is 11.1 Å². The van der Waals surface area contributed by atoms with Crippen LogP contribution in [0.1, 0.15) is 40.7 Å². The fraction of sp³-hybridized carbons (Fsp3) is 0.269. The van der Waals surface area contributed by atoms with Gasteiger partial charge in [-0.15, -0.1) is 0 Å². The molecule has 0 aliphatic heterocycles. The van der Waals surface area contributed by atoms with E-state index in [0.29, 0.717) is 10.6 Å². The lowest BCUT2D eigenvalue weighted by atomic mass is 9.98. The van der Waals surface area contributed by atoms with Crippen molar-refractivity contribution < 1.29 is 19.7 Å². The maximum atomic E-state index is 12.3. The van der Waals surface area contributed by atoms with E-state index in [1.165, 1.54) is 11.1 Å². The summed E-state index contributed by atoms with van der Waals surface area (Å²) in [5.74, 6) is -0.0104. The molecule has 0 radical (unpaired) electrons. The summed E-state index contributed by atoms with van der Waals surface area (Å²) in [5.41, 5.74) is 5.94. The Labute approximate surface area is 192 Å². The predicted molar refractivity (Wildman–Crippen MR) is 125 cm³/mol. The molecule has 0 saturated heterocycles. The predicted octanol–water partition coefficient (Wildman–Crippen LogP) is 4.97. The topological polar surface area (TPSA) is 78.8 Å². The van der Waals surface area contributed by atoms with Crippen molar-refractivity contribution in [3.05, 3.63) is 94.0 Å². The maximum absolute atomic E-state index is 12.3. The first-order chi connectivity index (χ1) is 15.5. The highest BCUT2D eigenvalue weighted by Crippen LogP contribution is 2.44. The first-order valence-electron chi connectivity index (χ1n) is 10.7. The Morgan fingerprint density at radius 1 is 1.00 bits per heavy atom. The van der Waals surface area contributed by atoms with Crippen LogP contribution in [0.3, 0.4) is 0 Å². The standard InChI is InChI=1S/C26H26ClNO4/c1-16-7-6-12-22(27)24(16)25(30)23(29)13-14-28-26(31)32-15-21-19-10-4-2-8-17(19)18-9-3-5-11-20(18)21/h2-12,21,23,25,29-30H,13-15H2,1H3,(H,28,31). The smallest absolute Gasteiger partial charge is 0.407 e. The number of benzene rings is 3. The number of ether oxygens (including phenoxy) is 1. The minimum atomic E-state index is -1.13.